The summed E-state index contributed by atoms with van der Waals surface area (Å²) in [5.41, 5.74) is 4.35. The molecule has 0 bridgehead atoms. The monoisotopic (exact) mass is 362 g/mol. The molecule has 0 saturated carbocycles. The number of aromatic nitrogens is 1. The number of ether oxygens (including phenoxy) is 1. The van der Waals surface area contributed by atoms with Gasteiger partial charge in [0.15, 0.2) is 5.76 Å². The van der Waals surface area contributed by atoms with Gasteiger partial charge in [0.1, 0.15) is 17.5 Å². The Morgan fingerprint density at radius 2 is 1.93 bits per heavy atom. The summed E-state index contributed by atoms with van der Waals surface area (Å²) >= 11 is 0. The molecule has 27 heavy (non-hydrogen) atoms. The maximum Gasteiger partial charge on any atom is 0.251 e. The number of hydrogen-bond donors (Lipinski definition) is 1. The number of hydrogen-bond acceptors (Lipinski definition) is 4. The Hall–Kier alpha value is -3.08. The number of fused-ring (bicyclic) bond motifs is 1. The van der Waals surface area contributed by atoms with E-state index in [0.29, 0.717) is 12.1 Å². The first-order valence-electron chi connectivity index (χ1n) is 9.14. The minimum absolute atomic E-state index is 0.131. The van der Waals surface area contributed by atoms with E-state index in [-0.39, 0.29) is 17.9 Å². The van der Waals surface area contributed by atoms with E-state index in [2.05, 4.69) is 17.4 Å². The molecule has 5 heteroatoms. The van der Waals surface area contributed by atoms with Crippen LogP contribution in [0, 0.1) is 6.92 Å². The van der Waals surface area contributed by atoms with Gasteiger partial charge in [0.25, 0.3) is 5.91 Å². The minimum Gasteiger partial charge on any atom is -0.490 e. The van der Waals surface area contributed by atoms with E-state index in [4.69, 9.17) is 9.26 Å². The van der Waals surface area contributed by atoms with E-state index in [1.807, 2.05) is 56.3 Å². The van der Waals surface area contributed by atoms with Crippen LogP contribution in [0.4, 0.5) is 0 Å². The van der Waals surface area contributed by atoms with Gasteiger partial charge >= 0.3 is 0 Å². The summed E-state index contributed by atoms with van der Waals surface area (Å²) in [5.74, 6) is 1.75. The first-order valence-corrected chi connectivity index (χ1v) is 9.14. The van der Waals surface area contributed by atoms with Crippen LogP contribution in [0.1, 0.15) is 46.9 Å². The zero-order chi connectivity index (χ0) is 19.0. The van der Waals surface area contributed by atoms with Gasteiger partial charge in [-0.3, -0.25) is 4.79 Å². The van der Waals surface area contributed by atoms with Crippen LogP contribution in [-0.2, 0) is 6.54 Å². The molecule has 0 saturated heterocycles. The van der Waals surface area contributed by atoms with Gasteiger partial charge in [-0.05, 0) is 32.0 Å². The summed E-state index contributed by atoms with van der Waals surface area (Å²) in [7, 11) is 0. The molecule has 1 aliphatic heterocycles. The summed E-state index contributed by atoms with van der Waals surface area (Å²) in [6, 6.07) is 15.4. The van der Waals surface area contributed by atoms with Crippen LogP contribution in [0.3, 0.4) is 0 Å². The fraction of sp³-hybridized carbons (Fsp3) is 0.273. The van der Waals surface area contributed by atoms with Crippen molar-refractivity contribution >= 4 is 5.91 Å². The van der Waals surface area contributed by atoms with Crippen molar-refractivity contribution in [1.29, 1.82) is 0 Å². The average Bonchev–Trinajstić information content (AvgIpc) is 3.20. The maximum absolute atomic E-state index is 12.6. The van der Waals surface area contributed by atoms with Crippen LogP contribution in [0.25, 0.3) is 11.3 Å². The molecular weight excluding hydrogens is 340 g/mol. The predicted octanol–water partition coefficient (Wildman–Crippen LogP) is 4.46. The number of benzene rings is 2. The SMILES string of the molecule is Cc1c(CNC(=O)c2ccc3c(c2)C(C)C(C)O3)noc1-c1ccccc1. The molecule has 4 rings (SSSR count). The van der Waals surface area contributed by atoms with E-state index in [9.17, 15) is 4.79 Å². The molecule has 2 heterocycles. The topological polar surface area (TPSA) is 64.4 Å². The lowest BCUT2D eigenvalue weighted by Crippen LogP contribution is -2.23. The highest BCUT2D eigenvalue weighted by molar-refractivity contribution is 5.94. The van der Waals surface area contributed by atoms with Crippen LogP contribution in [0.2, 0.25) is 0 Å². The van der Waals surface area contributed by atoms with Crippen molar-refractivity contribution in [2.75, 3.05) is 0 Å². The Balaban J connectivity index is 1.47. The first-order chi connectivity index (χ1) is 13.0. The average molecular weight is 362 g/mol. The lowest BCUT2D eigenvalue weighted by atomic mass is 9.96. The highest BCUT2D eigenvalue weighted by Crippen LogP contribution is 2.38. The molecule has 0 radical (unpaired) electrons. The molecule has 5 nitrogen and oxygen atoms in total. The largest absolute Gasteiger partial charge is 0.490 e. The molecule has 2 atom stereocenters. The minimum atomic E-state index is -0.131. The normalized spacial score (nSPS) is 18.0. The molecule has 0 aliphatic carbocycles. The Morgan fingerprint density at radius 1 is 1.15 bits per heavy atom. The summed E-state index contributed by atoms with van der Waals surface area (Å²) in [4.78, 5) is 12.6. The number of nitrogens with one attached hydrogen (secondary N) is 1. The highest BCUT2D eigenvalue weighted by atomic mass is 16.5. The van der Waals surface area contributed by atoms with Gasteiger partial charge in [0.2, 0.25) is 0 Å². The molecule has 1 aliphatic rings. The van der Waals surface area contributed by atoms with Crippen LogP contribution in [0.15, 0.2) is 53.1 Å². The summed E-state index contributed by atoms with van der Waals surface area (Å²) < 4.78 is 11.3. The van der Waals surface area contributed by atoms with Gasteiger partial charge in [-0.15, -0.1) is 0 Å². The van der Waals surface area contributed by atoms with Gasteiger partial charge in [0.05, 0.1) is 6.54 Å². The van der Waals surface area contributed by atoms with Gasteiger partial charge in [-0.1, -0.05) is 42.4 Å². The third kappa shape index (κ3) is 3.21. The first kappa shape index (κ1) is 17.3. The van der Waals surface area contributed by atoms with Crippen molar-refractivity contribution in [2.24, 2.45) is 0 Å². The molecule has 3 aromatic rings. The third-order valence-corrected chi connectivity index (χ3v) is 5.25. The van der Waals surface area contributed by atoms with E-state index < -0.39 is 0 Å². The van der Waals surface area contributed by atoms with E-state index in [1.54, 1.807) is 6.07 Å². The van der Waals surface area contributed by atoms with Crippen LogP contribution in [0.5, 0.6) is 5.75 Å². The van der Waals surface area contributed by atoms with Crippen LogP contribution >= 0.6 is 0 Å². The van der Waals surface area contributed by atoms with Crippen molar-refractivity contribution < 1.29 is 14.1 Å². The molecule has 2 unspecified atom stereocenters. The van der Waals surface area contributed by atoms with E-state index in [0.717, 1.165) is 33.9 Å². The maximum atomic E-state index is 12.6. The van der Waals surface area contributed by atoms with E-state index in [1.165, 1.54) is 0 Å². The molecule has 1 aromatic heterocycles. The quantitative estimate of drug-likeness (QED) is 0.744. The highest BCUT2D eigenvalue weighted by Gasteiger charge is 2.28. The van der Waals surface area contributed by atoms with Gasteiger partial charge in [0, 0.05) is 28.2 Å². The van der Waals surface area contributed by atoms with Crippen molar-refractivity contribution in [1.82, 2.24) is 10.5 Å². The Kier molecular flexibility index (Phi) is 4.44. The Morgan fingerprint density at radius 3 is 2.70 bits per heavy atom. The van der Waals surface area contributed by atoms with Gasteiger partial charge in [-0.25, -0.2) is 0 Å². The van der Waals surface area contributed by atoms with Crippen molar-refractivity contribution in [3.63, 3.8) is 0 Å². The van der Waals surface area contributed by atoms with Crippen molar-refractivity contribution in [3.8, 4) is 17.1 Å². The summed E-state index contributed by atoms with van der Waals surface area (Å²) in [6.07, 6.45) is 0.132. The molecule has 0 spiro atoms. The fourth-order valence-corrected chi connectivity index (χ4v) is 3.37. The third-order valence-electron chi connectivity index (χ3n) is 5.25. The lowest BCUT2D eigenvalue weighted by molar-refractivity contribution is 0.0950. The molecule has 1 N–H and O–H groups in total. The molecule has 1 amide bonds. The smallest absolute Gasteiger partial charge is 0.251 e. The summed E-state index contributed by atoms with van der Waals surface area (Å²) in [5, 5.41) is 7.06. The van der Waals surface area contributed by atoms with Crippen molar-refractivity contribution in [2.45, 2.75) is 39.3 Å². The molecule has 2 aromatic carbocycles. The number of carbonyl (C=O) groups excluding carboxylic acids is 1. The second-order valence-corrected chi connectivity index (χ2v) is 7.00. The number of nitrogens with zero attached hydrogens (tertiary/aromatic N) is 1. The Labute approximate surface area is 158 Å². The van der Waals surface area contributed by atoms with Crippen LogP contribution in [-0.4, -0.2) is 17.2 Å². The van der Waals surface area contributed by atoms with Crippen LogP contribution < -0.4 is 10.1 Å². The lowest BCUT2D eigenvalue weighted by Gasteiger charge is -2.08. The van der Waals surface area contributed by atoms with Gasteiger partial charge < -0.3 is 14.6 Å². The number of carbonyl (C=O) groups is 1. The number of amides is 1. The second kappa shape index (κ2) is 6.91. The fourth-order valence-electron chi connectivity index (χ4n) is 3.37. The van der Waals surface area contributed by atoms with E-state index >= 15 is 0 Å². The second-order valence-electron chi connectivity index (χ2n) is 7.00. The zero-order valence-electron chi connectivity index (χ0n) is 15.7. The Bertz CT molecular complexity index is 978. The molecule has 0 fully saturated rings. The summed E-state index contributed by atoms with van der Waals surface area (Å²) in [6.45, 7) is 6.43. The van der Waals surface area contributed by atoms with Crippen molar-refractivity contribution in [3.05, 3.63) is 70.9 Å². The zero-order valence-corrected chi connectivity index (χ0v) is 15.7. The van der Waals surface area contributed by atoms with Gasteiger partial charge in [-0.2, -0.15) is 0 Å². The number of rotatable bonds is 4. The standard InChI is InChI=1S/C22H22N2O3/c1-13-15(3)26-20-10-9-17(11-18(13)20)22(25)23-12-19-14(2)21(27-24-19)16-7-5-4-6-8-16/h4-11,13,15H,12H2,1-3H3,(H,23,25). The predicted molar refractivity (Wildman–Crippen MR) is 103 cm³/mol. The molecule has 138 valence electrons. The molecular formula is C22H22N2O3.